The van der Waals surface area contributed by atoms with Gasteiger partial charge in [-0.15, -0.1) is 11.3 Å². The van der Waals surface area contributed by atoms with Gasteiger partial charge in [-0.05, 0) is 36.2 Å². The van der Waals surface area contributed by atoms with Crippen LogP contribution >= 0.6 is 23.6 Å². The summed E-state index contributed by atoms with van der Waals surface area (Å²) >= 11 is 6.56. The van der Waals surface area contributed by atoms with Gasteiger partial charge in [0.15, 0.2) is 5.11 Å². The van der Waals surface area contributed by atoms with Crippen molar-refractivity contribution < 1.29 is 9.69 Å². The molecule has 1 amide bonds. The first-order chi connectivity index (χ1) is 11.5. The SMILES string of the molecule is Cc1ccc(-c2ccsc2C(=O)NNC(=S)NCC[NH+](C)C)cc1. The van der Waals surface area contributed by atoms with Gasteiger partial charge < -0.3 is 10.2 Å². The molecule has 1 aromatic carbocycles. The lowest BCUT2D eigenvalue weighted by molar-refractivity contribution is -0.856. The number of carbonyl (C=O) groups excluding carboxylic acids is 1. The normalized spacial score (nSPS) is 10.5. The standard InChI is InChI=1S/C17H22N4OS2/c1-12-4-6-13(7-5-12)14-8-11-24-15(14)16(22)19-20-17(23)18-9-10-21(2)3/h4-8,11H,9-10H2,1-3H3,(H,19,22)(H2,18,20,23)/p+1. The number of quaternary nitrogens is 1. The lowest BCUT2D eigenvalue weighted by atomic mass is 10.1. The molecule has 0 atom stereocenters. The number of amides is 1. The Morgan fingerprint density at radius 1 is 1.17 bits per heavy atom. The predicted molar refractivity (Wildman–Crippen MR) is 103 cm³/mol. The number of aryl methyl sites for hydroxylation is 1. The van der Waals surface area contributed by atoms with Crippen LogP contribution in [0.4, 0.5) is 0 Å². The number of hydrogen-bond donors (Lipinski definition) is 4. The molecule has 128 valence electrons. The lowest BCUT2D eigenvalue weighted by Gasteiger charge is -2.13. The van der Waals surface area contributed by atoms with Crippen LogP contribution in [0, 0.1) is 6.92 Å². The quantitative estimate of drug-likeness (QED) is 0.473. The number of carbonyl (C=O) groups is 1. The van der Waals surface area contributed by atoms with Crippen molar-refractivity contribution in [2.24, 2.45) is 0 Å². The Hall–Kier alpha value is -1.96. The highest BCUT2D eigenvalue weighted by atomic mass is 32.1. The molecule has 5 nitrogen and oxygen atoms in total. The fourth-order valence-electron chi connectivity index (χ4n) is 2.09. The van der Waals surface area contributed by atoms with Gasteiger partial charge in [-0.2, -0.15) is 0 Å². The van der Waals surface area contributed by atoms with Gasteiger partial charge in [0.05, 0.1) is 27.2 Å². The van der Waals surface area contributed by atoms with E-state index in [4.69, 9.17) is 12.2 Å². The summed E-state index contributed by atoms with van der Waals surface area (Å²) in [6.45, 7) is 3.73. The number of thiocarbonyl (C=S) groups is 1. The van der Waals surface area contributed by atoms with Crippen LogP contribution in [0.3, 0.4) is 0 Å². The van der Waals surface area contributed by atoms with Crippen molar-refractivity contribution in [3.63, 3.8) is 0 Å². The Kier molecular flexibility index (Phi) is 6.72. The molecule has 0 unspecified atom stereocenters. The maximum atomic E-state index is 12.4. The number of hydrazine groups is 1. The van der Waals surface area contributed by atoms with E-state index in [1.807, 2.05) is 42.6 Å². The molecule has 2 rings (SSSR count). The Labute approximate surface area is 152 Å². The van der Waals surface area contributed by atoms with Crippen LogP contribution in [0.1, 0.15) is 15.2 Å². The Morgan fingerprint density at radius 2 is 1.88 bits per heavy atom. The highest BCUT2D eigenvalue weighted by Crippen LogP contribution is 2.28. The molecule has 1 aromatic heterocycles. The van der Waals surface area contributed by atoms with Crippen LogP contribution in [0.15, 0.2) is 35.7 Å². The highest BCUT2D eigenvalue weighted by molar-refractivity contribution is 7.80. The van der Waals surface area contributed by atoms with E-state index in [2.05, 4.69) is 30.3 Å². The van der Waals surface area contributed by atoms with Crippen molar-refractivity contribution in [2.45, 2.75) is 6.92 Å². The third kappa shape index (κ3) is 5.30. The molecule has 0 fully saturated rings. The molecule has 7 heteroatoms. The van der Waals surface area contributed by atoms with Crippen LogP contribution < -0.4 is 21.1 Å². The lowest BCUT2D eigenvalue weighted by Crippen LogP contribution is -3.06. The molecule has 0 aliphatic rings. The van der Waals surface area contributed by atoms with Crippen molar-refractivity contribution in [3.05, 3.63) is 46.2 Å². The van der Waals surface area contributed by atoms with Crippen LogP contribution in [0.5, 0.6) is 0 Å². The Balaban J connectivity index is 1.93. The van der Waals surface area contributed by atoms with E-state index in [1.165, 1.54) is 21.8 Å². The van der Waals surface area contributed by atoms with E-state index < -0.39 is 0 Å². The molecule has 0 bridgehead atoms. The second-order valence-electron chi connectivity index (χ2n) is 5.82. The molecule has 0 radical (unpaired) electrons. The maximum Gasteiger partial charge on any atom is 0.280 e. The van der Waals surface area contributed by atoms with Gasteiger partial charge >= 0.3 is 0 Å². The smallest absolute Gasteiger partial charge is 0.280 e. The molecule has 24 heavy (non-hydrogen) atoms. The molecule has 1 heterocycles. The van der Waals surface area contributed by atoms with Gasteiger partial charge in [0.1, 0.15) is 4.88 Å². The zero-order chi connectivity index (χ0) is 17.5. The first-order valence-electron chi connectivity index (χ1n) is 7.75. The van der Waals surface area contributed by atoms with Gasteiger partial charge in [0.2, 0.25) is 0 Å². The number of likely N-dealkylation sites (N-methyl/N-ethyl adjacent to an activating group) is 1. The average Bonchev–Trinajstić information content (AvgIpc) is 3.02. The summed E-state index contributed by atoms with van der Waals surface area (Å²) in [5.74, 6) is -0.192. The summed E-state index contributed by atoms with van der Waals surface area (Å²) in [5, 5.41) is 5.39. The number of hydrogen-bond acceptors (Lipinski definition) is 3. The summed E-state index contributed by atoms with van der Waals surface area (Å²) in [7, 11) is 4.15. The van der Waals surface area contributed by atoms with E-state index in [0.29, 0.717) is 9.99 Å². The molecule has 4 N–H and O–H groups in total. The third-order valence-electron chi connectivity index (χ3n) is 3.43. The van der Waals surface area contributed by atoms with Crippen molar-refractivity contribution in [3.8, 4) is 11.1 Å². The van der Waals surface area contributed by atoms with Crippen molar-refractivity contribution in [1.29, 1.82) is 0 Å². The fraction of sp³-hybridized carbons (Fsp3) is 0.294. The van der Waals surface area contributed by atoms with Gasteiger partial charge in [-0.1, -0.05) is 29.8 Å². The second-order valence-corrected chi connectivity index (χ2v) is 7.15. The second kappa shape index (κ2) is 8.77. The zero-order valence-electron chi connectivity index (χ0n) is 14.1. The largest absolute Gasteiger partial charge is 0.356 e. The Bertz CT molecular complexity index is 695. The molecule has 2 aromatic rings. The summed E-state index contributed by atoms with van der Waals surface area (Å²) in [4.78, 5) is 14.4. The van der Waals surface area contributed by atoms with E-state index in [1.54, 1.807) is 0 Å². The number of nitrogens with one attached hydrogen (secondary N) is 4. The zero-order valence-corrected chi connectivity index (χ0v) is 15.7. The molecular formula is C17H23N4OS2+. The highest BCUT2D eigenvalue weighted by Gasteiger charge is 2.14. The summed E-state index contributed by atoms with van der Waals surface area (Å²) < 4.78 is 0. The number of benzene rings is 1. The monoisotopic (exact) mass is 363 g/mol. The van der Waals surface area contributed by atoms with Gasteiger partial charge in [-0.25, -0.2) is 0 Å². The average molecular weight is 364 g/mol. The molecule has 0 spiro atoms. The summed E-state index contributed by atoms with van der Waals surface area (Å²) in [5.41, 5.74) is 8.55. The van der Waals surface area contributed by atoms with Gasteiger partial charge in [0, 0.05) is 5.56 Å². The first-order valence-corrected chi connectivity index (χ1v) is 9.04. The molecule has 0 saturated heterocycles. The van der Waals surface area contributed by atoms with Crippen LogP contribution in [-0.2, 0) is 0 Å². The van der Waals surface area contributed by atoms with Crippen molar-refractivity contribution in [1.82, 2.24) is 16.2 Å². The molecule has 0 saturated carbocycles. The van der Waals surface area contributed by atoms with E-state index >= 15 is 0 Å². The van der Waals surface area contributed by atoms with Crippen molar-refractivity contribution in [2.75, 3.05) is 27.2 Å². The first kappa shape index (κ1) is 18.4. The summed E-state index contributed by atoms with van der Waals surface area (Å²) in [6.07, 6.45) is 0. The van der Waals surface area contributed by atoms with E-state index in [0.717, 1.165) is 24.2 Å². The predicted octanol–water partition coefficient (Wildman–Crippen LogP) is 0.977. The van der Waals surface area contributed by atoms with E-state index in [9.17, 15) is 4.79 Å². The molecule has 0 aliphatic heterocycles. The Morgan fingerprint density at radius 3 is 2.54 bits per heavy atom. The maximum absolute atomic E-state index is 12.4. The van der Waals surface area contributed by atoms with Gasteiger partial charge in [-0.3, -0.25) is 15.6 Å². The minimum Gasteiger partial charge on any atom is -0.356 e. The topological polar surface area (TPSA) is 57.6 Å². The van der Waals surface area contributed by atoms with E-state index in [-0.39, 0.29) is 5.91 Å². The van der Waals surface area contributed by atoms with Crippen LogP contribution in [0.25, 0.3) is 11.1 Å². The third-order valence-corrected chi connectivity index (χ3v) is 4.59. The van der Waals surface area contributed by atoms with Crippen molar-refractivity contribution >= 4 is 34.6 Å². The molecular weight excluding hydrogens is 340 g/mol. The fourth-order valence-corrected chi connectivity index (χ4v) is 3.05. The minimum atomic E-state index is -0.192. The van der Waals surface area contributed by atoms with Crippen LogP contribution in [-0.4, -0.2) is 38.2 Å². The minimum absolute atomic E-state index is 0.192. The number of thiophene rings is 1. The van der Waals surface area contributed by atoms with Crippen LogP contribution in [0.2, 0.25) is 0 Å². The van der Waals surface area contributed by atoms with Gasteiger partial charge in [0.25, 0.3) is 5.91 Å². The molecule has 0 aliphatic carbocycles. The number of rotatable bonds is 5. The summed E-state index contributed by atoms with van der Waals surface area (Å²) in [6, 6.07) is 10.1.